The maximum atomic E-state index is 12.9. The Morgan fingerprint density at radius 1 is 1.24 bits per heavy atom. The highest BCUT2D eigenvalue weighted by molar-refractivity contribution is 14.1. The number of ether oxygens (including phenoxy) is 1. The minimum absolute atomic E-state index is 0.00154. The number of benzene rings is 2. The summed E-state index contributed by atoms with van der Waals surface area (Å²) in [5, 5.41) is 0. The zero-order valence-electron chi connectivity index (χ0n) is 11.2. The van der Waals surface area contributed by atoms with Gasteiger partial charge in [0.05, 0.1) is 17.9 Å². The van der Waals surface area contributed by atoms with Crippen molar-refractivity contribution in [2.75, 3.05) is 18.1 Å². The lowest BCUT2D eigenvalue weighted by Gasteiger charge is -2.22. The first-order valence-electron chi connectivity index (χ1n) is 6.65. The number of hydrogen-bond donors (Lipinski definition) is 0. The SMILES string of the molecule is O=C(c1cc(I)ccc1Br)N1CCCOc2ccccc21. The van der Waals surface area contributed by atoms with Crippen LogP contribution in [0.15, 0.2) is 46.9 Å². The standard InChI is InChI=1S/C16H13BrINO2/c17-13-7-6-11(18)10-12(13)16(20)19-8-3-9-21-15-5-2-1-4-14(15)19/h1-2,4-7,10H,3,8-9H2. The maximum Gasteiger partial charge on any atom is 0.259 e. The molecule has 1 aliphatic rings. The van der Waals surface area contributed by atoms with Crippen LogP contribution in [0.2, 0.25) is 0 Å². The lowest BCUT2D eigenvalue weighted by atomic mass is 10.1. The number of carbonyl (C=O) groups is 1. The third-order valence-electron chi connectivity index (χ3n) is 3.34. The molecule has 1 amide bonds. The van der Waals surface area contributed by atoms with Crippen LogP contribution in [-0.4, -0.2) is 19.1 Å². The summed E-state index contributed by atoms with van der Waals surface area (Å²) in [5.74, 6) is 0.767. The number of amides is 1. The second-order valence-electron chi connectivity index (χ2n) is 4.75. The van der Waals surface area contributed by atoms with Crippen molar-refractivity contribution in [3.05, 3.63) is 56.1 Å². The van der Waals surface area contributed by atoms with Crippen molar-refractivity contribution in [3.63, 3.8) is 0 Å². The molecule has 1 aliphatic heterocycles. The van der Waals surface area contributed by atoms with Crippen molar-refractivity contribution in [2.24, 2.45) is 0 Å². The van der Waals surface area contributed by atoms with Gasteiger partial charge in [0.2, 0.25) is 0 Å². The Balaban J connectivity index is 2.03. The fraction of sp³-hybridized carbons (Fsp3) is 0.188. The molecule has 0 aromatic heterocycles. The zero-order chi connectivity index (χ0) is 14.8. The molecule has 0 spiro atoms. The van der Waals surface area contributed by atoms with Crippen LogP contribution in [0.5, 0.6) is 5.75 Å². The Morgan fingerprint density at radius 2 is 2.05 bits per heavy atom. The van der Waals surface area contributed by atoms with Crippen LogP contribution >= 0.6 is 38.5 Å². The van der Waals surface area contributed by atoms with Gasteiger partial charge in [-0.15, -0.1) is 0 Å². The Labute approximate surface area is 145 Å². The summed E-state index contributed by atoms with van der Waals surface area (Å²) in [6, 6.07) is 13.5. The van der Waals surface area contributed by atoms with Crippen molar-refractivity contribution in [1.82, 2.24) is 0 Å². The Bertz CT molecular complexity index is 690. The van der Waals surface area contributed by atoms with Crippen LogP contribution in [0.1, 0.15) is 16.8 Å². The number of hydrogen-bond acceptors (Lipinski definition) is 2. The first-order chi connectivity index (χ1) is 10.2. The van der Waals surface area contributed by atoms with E-state index in [1.54, 1.807) is 4.90 Å². The summed E-state index contributed by atoms with van der Waals surface area (Å²) >= 11 is 5.69. The molecule has 0 bridgehead atoms. The van der Waals surface area contributed by atoms with Gasteiger partial charge in [-0.05, 0) is 75.3 Å². The average Bonchev–Trinajstić information content (AvgIpc) is 2.71. The molecular weight excluding hydrogens is 445 g/mol. The number of fused-ring (bicyclic) bond motifs is 1. The molecule has 3 rings (SSSR count). The molecule has 5 heteroatoms. The molecule has 108 valence electrons. The summed E-state index contributed by atoms with van der Waals surface area (Å²) in [5.41, 5.74) is 1.52. The summed E-state index contributed by atoms with van der Waals surface area (Å²) < 4.78 is 7.57. The Kier molecular flexibility index (Phi) is 4.49. The topological polar surface area (TPSA) is 29.5 Å². The van der Waals surface area contributed by atoms with Crippen molar-refractivity contribution < 1.29 is 9.53 Å². The molecule has 0 atom stereocenters. The van der Waals surface area contributed by atoms with Crippen LogP contribution in [0.3, 0.4) is 0 Å². The third kappa shape index (κ3) is 3.08. The first-order valence-corrected chi connectivity index (χ1v) is 8.53. The number of nitrogens with zero attached hydrogens (tertiary/aromatic N) is 1. The van der Waals surface area contributed by atoms with Gasteiger partial charge < -0.3 is 9.64 Å². The van der Waals surface area contributed by atoms with Gasteiger partial charge in [0, 0.05) is 14.6 Å². The van der Waals surface area contributed by atoms with E-state index in [0.717, 1.165) is 25.9 Å². The minimum Gasteiger partial charge on any atom is -0.491 e. The molecule has 21 heavy (non-hydrogen) atoms. The predicted octanol–water partition coefficient (Wildman–Crippen LogP) is 4.48. The predicted molar refractivity (Wildman–Crippen MR) is 95.1 cm³/mol. The number of carbonyl (C=O) groups excluding carboxylic acids is 1. The molecule has 0 radical (unpaired) electrons. The van der Waals surface area contributed by atoms with E-state index in [-0.39, 0.29) is 5.91 Å². The van der Waals surface area contributed by atoms with E-state index in [1.807, 2.05) is 42.5 Å². The normalized spacial score (nSPS) is 14.1. The van der Waals surface area contributed by atoms with Gasteiger partial charge in [-0.3, -0.25) is 4.79 Å². The van der Waals surface area contributed by atoms with Crippen LogP contribution in [-0.2, 0) is 0 Å². The van der Waals surface area contributed by atoms with Crippen LogP contribution in [0, 0.1) is 3.57 Å². The van der Waals surface area contributed by atoms with Crippen LogP contribution < -0.4 is 9.64 Å². The summed E-state index contributed by atoms with van der Waals surface area (Å²) in [4.78, 5) is 14.7. The average molecular weight is 458 g/mol. The third-order valence-corrected chi connectivity index (χ3v) is 4.71. The summed E-state index contributed by atoms with van der Waals surface area (Å²) in [6.07, 6.45) is 0.821. The van der Waals surface area contributed by atoms with Crippen molar-refractivity contribution in [2.45, 2.75) is 6.42 Å². The molecule has 0 saturated heterocycles. The monoisotopic (exact) mass is 457 g/mol. The Hall–Kier alpha value is -1.08. The number of rotatable bonds is 1. The molecule has 1 heterocycles. The Morgan fingerprint density at radius 3 is 2.90 bits per heavy atom. The molecule has 0 fully saturated rings. The number of para-hydroxylation sites is 2. The molecule has 0 N–H and O–H groups in total. The summed E-state index contributed by atoms with van der Waals surface area (Å²) in [7, 11) is 0. The van der Waals surface area contributed by atoms with Gasteiger partial charge >= 0.3 is 0 Å². The fourth-order valence-electron chi connectivity index (χ4n) is 2.35. The second-order valence-corrected chi connectivity index (χ2v) is 6.85. The fourth-order valence-corrected chi connectivity index (χ4v) is 3.25. The van der Waals surface area contributed by atoms with E-state index in [9.17, 15) is 4.79 Å². The van der Waals surface area contributed by atoms with E-state index in [4.69, 9.17) is 4.74 Å². The van der Waals surface area contributed by atoms with E-state index < -0.39 is 0 Å². The van der Waals surface area contributed by atoms with Gasteiger partial charge in [-0.25, -0.2) is 0 Å². The zero-order valence-corrected chi connectivity index (χ0v) is 14.9. The van der Waals surface area contributed by atoms with Gasteiger partial charge in [-0.1, -0.05) is 12.1 Å². The second kappa shape index (κ2) is 6.36. The van der Waals surface area contributed by atoms with Crippen LogP contribution in [0.25, 0.3) is 0 Å². The largest absolute Gasteiger partial charge is 0.491 e. The molecule has 0 unspecified atom stereocenters. The molecular formula is C16H13BrINO2. The van der Waals surface area contributed by atoms with Crippen molar-refractivity contribution in [1.29, 1.82) is 0 Å². The quantitative estimate of drug-likeness (QED) is 0.591. The molecule has 2 aromatic rings. The van der Waals surface area contributed by atoms with Crippen molar-refractivity contribution in [3.8, 4) is 5.75 Å². The molecule has 0 aliphatic carbocycles. The lowest BCUT2D eigenvalue weighted by Crippen LogP contribution is -2.31. The van der Waals surface area contributed by atoms with Gasteiger partial charge in [0.1, 0.15) is 5.75 Å². The maximum absolute atomic E-state index is 12.9. The smallest absolute Gasteiger partial charge is 0.259 e. The first kappa shape index (κ1) is 14.8. The number of halogens is 2. The highest BCUT2D eigenvalue weighted by Gasteiger charge is 2.24. The van der Waals surface area contributed by atoms with E-state index >= 15 is 0 Å². The molecule has 2 aromatic carbocycles. The lowest BCUT2D eigenvalue weighted by molar-refractivity contribution is 0.0986. The number of anilines is 1. The highest BCUT2D eigenvalue weighted by atomic mass is 127. The van der Waals surface area contributed by atoms with E-state index in [2.05, 4.69) is 38.5 Å². The summed E-state index contributed by atoms with van der Waals surface area (Å²) in [6.45, 7) is 1.29. The van der Waals surface area contributed by atoms with Gasteiger partial charge in [0.25, 0.3) is 5.91 Å². The van der Waals surface area contributed by atoms with E-state index in [0.29, 0.717) is 18.7 Å². The van der Waals surface area contributed by atoms with Crippen molar-refractivity contribution >= 4 is 50.1 Å². The molecule has 3 nitrogen and oxygen atoms in total. The minimum atomic E-state index is -0.00154. The van der Waals surface area contributed by atoms with E-state index in [1.165, 1.54) is 0 Å². The highest BCUT2D eigenvalue weighted by Crippen LogP contribution is 2.32. The molecule has 0 saturated carbocycles. The van der Waals surface area contributed by atoms with Crippen LogP contribution in [0.4, 0.5) is 5.69 Å². The van der Waals surface area contributed by atoms with Gasteiger partial charge in [-0.2, -0.15) is 0 Å². The van der Waals surface area contributed by atoms with Gasteiger partial charge in [0.15, 0.2) is 0 Å².